The van der Waals surface area contributed by atoms with E-state index in [0.717, 1.165) is 55.8 Å². The minimum atomic E-state index is -4.10. The molecular weight excluding hydrogens is 832 g/mol. The van der Waals surface area contributed by atoms with Crippen LogP contribution in [-0.4, -0.2) is 27.0 Å². The largest absolute Gasteiger partial charge is 0.366 e. The van der Waals surface area contributed by atoms with Gasteiger partial charge in [0.1, 0.15) is 0 Å². The van der Waals surface area contributed by atoms with Crippen LogP contribution in [0.25, 0.3) is 0 Å². The summed E-state index contributed by atoms with van der Waals surface area (Å²) in [5.41, 5.74) is 0. The molecule has 2 N–H and O–H groups in total. The quantitative estimate of drug-likeness (QED) is 0.0472. The Morgan fingerprint density at radius 1 is 0.215 bits per heavy atom. The van der Waals surface area contributed by atoms with Gasteiger partial charge in [0, 0.05) is 0 Å². The topological polar surface area (TPSA) is 57.5 Å². The Labute approximate surface area is 413 Å². The molecule has 0 saturated carbocycles. The summed E-state index contributed by atoms with van der Waals surface area (Å²) in [5, 5.41) is 0. The van der Waals surface area contributed by atoms with Crippen LogP contribution in [0.3, 0.4) is 0 Å². The lowest BCUT2D eigenvalue weighted by Crippen LogP contribution is -2.15. The summed E-state index contributed by atoms with van der Waals surface area (Å²) in [7, 11) is -1.91. The Morgan fingerprint density at radius 3 is 0.431 bits per heavy atom. The van der Waals surface area contributed by atoms with Gasteiger partial charge in [0.05, 0.1) is 0 Å². The first-order valence-corrected chi connectivity index (χ1v) is 35.1. The molecule has 3 nitrogen and oxygen atoms in total. The summed E-state index contributed by atoms with van der Waals surface area (Å²) in [6, 6.07) is 0. The number of hydrogen-bond donors (Lipinski definition) is 2. The van der Waals surface area contributed by atoms with Crippen molar-refractivity contribution in [3.8, 4) is 0 Å². The van der Waals surface area contributed by atoms with Gasteiger partial charge in [-0.1, -0.05) is 348 Å². The fourth-order valence-electron chi connectivity index (χ4n) is 10.5. The van der Waals surface area contributed by atoms with E-state index in [1.54, 1.807) is 0 Å². The van der Waals surface area contributed by atoms with Gasteiger partial charge in [0.2, 0.25) is 0 Å². The van der Waals surface area contributed by atoms with Gasteiger partial charge in [0.25, 0.3) is 0 Å². The highest BCUT2D eigenvalue weighted by molar-refractivity contribution is 8.76. The van der Waals surface area contributed by atoms with Gasteiger partial charge in [-0.05, 0) is 36.5 Å². The van der Waals surface area contributed by atoms with Gasteiger partial charge in [-0.2, -0.15) is 0 Å². The van der Waals surface area contributed by atoms with Crippen molar-refractivity contribution in [1.82, 2.24) is 0 Å². The van der Waals surface area contributed by atoms with Gasteiger partial charge in [-0.3, -0.25) is 0 Å². The highest BCUT2D eigenvalue weighted by atomic mass is 32.8. The third-order valence-electron chi connectivity index (χ3n) is 15.1. The normalized spacial score (nSPS) is 12.5. The second-order valence-corrected chi connectivity index (χ2v) is 29.6. The van der Waals surface area contributed by atoms with Gasteiger partial charge in [0.15, 0.2) is 0 Å². The van der Waals surface area contributed by atoms with Crippen molar-refractivity contribution in [2.75, 3.05) is 17.3 Å². The highest BCUT2D eigenvalue weighted by Gasteiger charge is 2.39. The van der Waals surface area contributed by atoms with E-state index in [-0.39, 0.29) is 0 Å². The smallest absolute Gasteiger partial charge is 0.318 e. The van der Waals surface area contributed by atoms with Gasteiger partial charge in [-0.25, -0.2) is 4.57 Å². The third-order valence-corrected chi connectivity index (χ3v) is 24.0. The summed E-state index contributed by atoms with van der Waals surface area (Å²) >= 11 is 0. The molecular formula is C60H125O3PS. The second-order valence-electron chi connectivity index (χ2n) is 21.6. The molecule has 0 radical (unpaired) electrons. The Hall–Kier alpha value is 0.500. The van der Waals surface area contributed by atoms with Gasteiger partial charge < -0.3 is 9.79 Å². The molecule has 0 unspecified atom stereocenters. The predicted octanol–water partition coefficient (Wildman–Crippen LogP) is 23.0. The average molecular weight is 958 g/mol. The Kier molecular flexibility index (Phi) is 54.3. The zero-order valence-corrected chi connectivity index (χ0v) is 47.2. The number of hydrogen-bond acceptors (Lipinski definition) is 1. The van der Waals surface area contributed by atoms with Crippen LogP contribution in [0.15, 0.2) is 0 Å². The molecule has 5 heteroatoms. The van der Waals surface area contributed by atoms with E-state index < -0.39 is 16.4 Å². The lowest BCUT2D eigenvalue weighted by molar-refractivity contribution is 0.395. The van der Waals surface area contributed by atoms with Gasteiger partial charge in [-0.15, -0.1) is 9.65 Å². The summed E-state index contributed by atoms with van der Waals surface area (Å²) in [4.78, 5) is 22.0. The maximum Gasteiger partial charge on any atom is 0.366 e. The first-order valence-electron chi connectivity index (χ1n) is 30.8. The van der Waals surface area contributed by atoms with E-state index in [2.05, 4.69) is 20.8 Å². The minimum Gasteiger partial charge on any atom is -0.318 e. The number of rotatable bonds is 58. The Bertz CT molecular complexity index is 824. The van der Waals surface area contributed by atoms with Crippen LogP contribution >= 0.6 is 16.4 Å². The van der Waals surface area contributed by atoms with Crippen molar-refractivity contribution in [2.45, 2.75) is 367 Å². The van der Waals surface area contributed by atoms with Crippen molar-refractivity contribution in [3.63, 3.8) is 0 Å². The van der Waals surface area contributed by atoms with E-state index in [4.69, 9.17) is 0 Å². The molecule has 0 fully saturated rings. The zero-order valence-electron chi connectivity index (χ0n) is 45.5. The van der Waals surface area contributed by atoms with Crippen LogP contribution in [0.4, 0.5) is 0 Å². The third kappa shape index (κ3) is 47.9. The van der Waals surface area contributed by atoms with E-state index in [9.17, 15) is 14.4 Å². The van der Waals surface area contributed by atoms with Crippen LogP contribution in [0.2, 0.25) is 0 Å². The van der Waals surface area contributed by atoms with Crippen LogP contribution in [0.1, 0.15) is 367 Å². The summed E-state index contributed by atoms with van der Waals surface area (Å²) in [6.07, 6.45) is 73.5. The Morgan fingerprint density at radius 2 is 0.323 bits per heavy atom. The van der Waals surface area contributed by atoms with Crippen LogP contribution in [0.5, 0.6) is 0 Å². The lowest BCUT2D eigenvalue weighted by Gasteiger charge is -2.40. The molecule has 0 aromatic carbocycles. The fraction of sp³-hybridized carbons (Fsp3) is 1.00. The first kappa shape index (κ1) is 65.5. The molecule has 0 amide bonds. The van der Waals surface area contributed by atoms with Crippen molar-refractivity contribution < 1.29 is 14.4 Å². The molecule has 0 heterocycles. The molecule has 0 aromatic heterocycles. The monoisotopic (exact) mass is 957 g/mol. The molecule has 0 saturated heterocycles. The van der Waals surface area contributed by atoms with Crippen LogP contribution < -0.4 is 0 Å². The lowest BCUT2D eigenvalue weighted by atomic mass is 10.0. The summed E-state index contributed by atoms with van der Waals surface area (Å²) < 4.78 is 13.4. The molecule has 394 valence electrons. The fourth-order valence-corrected chi connectivity index (χ4v) is 17.3. The Balaban J connectivity index is 4.42. The van der Waals surface area contributed by atoms with E-state index in [1.165, 1.54) is 308 Å². The number of unbranched alkanes of at least 4 members (excludes halogenated alkanes) is 51. The maximum atomic E-state index is 13.4. The molecule has 0 spiro atoms. The molecule has 0 aliphatic heterocycles. The van der Waals surface area contributed by atoms with Crippen molar-refractivity contribution in [1.29, 1.82) is 0 Å². The minimum absolute atomic E-state index is 0.813. The standard InChI is InChI=1S/C60H125O3PS/c1-4-7-10-13-16-19-22-25-28-31-34-37-40-43-46-49-52-55-58-65(64(61,62)63,59-56-53-50-47-44-41-38-35-32-29-26-23-20-17-14-11-8-5-2)60-57-54-51-48-45-42-39-36-33-30-27-24-21-18-15-12-9-6-3/h4-60H2,1-3H3,(H2,61,62,63). The molecule has 0 aromatic rings. The summed E-state index contributed by atoms with van der Waals surface area (Å²) in [5.74, 6) is 2.44. The second kappa shape index (κ2) is 53.8. The van der Waals surface area contributed by atoms with Gasteiger partial charge >= 0.3 is 6.80 Å². The zero-order chi connectivity index (χ0) is 47.3. The summed E-state index contributed by atoms with van der Waals surface area (Å²) in [6.45, 7) is 2.80. The van der Waals surface area contributed by atoms with Crippen LogP contribution in [0, 0.1) is 0 Å². The molecule has 65 heavy (non-hydrogen) atoms. The predicted molar refractivity (Wildman–Crippen MR) is 301 cm³/mol. The SMILES string of the molecule is CCCCCCCCCCCCCCCCCCCCS(CCCCCCCCCCCCCCCCCCCC)(CCCCCCCCCCCCCCCCCCCC)P(=O)(O)O. The molecule has 0 atom stereocenters. The van der Waals surface area contributed by atoms with Crippen molar-refractivity contribution in [2.24, 2.45) is 0 Å². The molecule has 0 aliphatic rings. The van der Waals surface area contributed by atoms with Crippen LogP contribution in [-0.2, 0) is 4.57 Å². The molecule has 0 bridgehead atoms. The maximum absolute atomic E-state index is 13.4. The van der Waals surface area contributed by atoms with Crippen molar-refractivity contribution >= 4 is 16.4 Å². The van der Waals surface area contributed by atoms with Crippen molar-refractivity contribution in [3.05, 3.63) is 0 Å². The average Bonchev–Trinajstić information content (AvgIpc) is 3.29. The highest BCUT2D eigenvalue weighted by Crippen LogP contribution is 2.78. The van der Waals surface area contributed by atoms with E-state index in [0.29, 0.717) is 0 Å². The molecule has 0 rings (SSSR count). The molecule has 0 aliphatic carbocycles. The first-order chi connectivity index (χ1) is 31.9. The van der Waals surface area contributed by atoms with E-state index in [1.807, 2.05) is 0 Å². The van der Waals surface area contributed by atoms with E-state index >= 15 is 0 Å².